The molecule has 0 atom stereocenters. The van der Waals surface area contributed by atoms with Crippen LogP contribution in [0.25, 0.3) is 33.3 Å². The normalized spacial score (nSPS) is 11.7. The molecule has 0 fully saturated rings. The topological polar surface area (TPSA) is 25.8 Å². The molecule has 0 spiro atoms. The van der Waals surface area contributed by atoms with E-state index in [1.807, 2.05) is 36.7 Å². The van der Waals surface area contributed by atoms with Crippen molar-refractivity contribution in [3.8, 4) is 22.5 Å². The molecule has 0 saturated heterocycles. The Bertz CT molecular complexity index is 1060. The molecule has 128 valence electrons. The van der Waals surface area contributed by atoms with Gasteiger partial charge in [-0.1, -0.05) is 51.1 Å². The Morgan fingerprint density at radius 2 is 1.42 bits per heavy atom. The first-order valence-corrected chi connectivity index (χ1v) is 8.93. The van der Waals surface area contributed by atoms with Gasteiger partial charge in [0.15, 0.2) is 0 Å². The number of pyridine rings is 2. The van der Waals surface area contributed by atoms with Crippen LogP contribution in [-0.4, -0.2) is 9.97 Å². The molecule has 2 aromatic carbocycles. The summed E-state index contributed by atoms with van der Waals surface area (Å²) in [4.78, 5) is 9.10. The third kappa shape index (κ3) is 3.11. The van der Waals surface area contributed by atoms with Crippen molar-refractivity contribution >= 4 is 10.8 Å². The van der Waals surface area contributed by atoms with Crippen molar-refractivity contribution in [3.05, 3.63) is 84.7 Å². The summed E-state index contributed by atoms with van der Waals surface area (Å²) in [7, 11) is 0. The smallest absolute Gasteiger partial charge is 0.0709 e. The van der Waals surface area contributed by atoms with Gasteiger partial charge in [0.25, 0.3) is 0 Å². The largest absolute Gasteiger partial charge is 0.256 e. The Labute approximate surface area is 154 Å². The number of fused-ring (bicyclic) bond motifs is 1. The van der Waals surface area contributed by atoms with E-state index in [0.29, 0.717) is 0 Å². The summed E-state index contributed by atoms with van der Waals surface area (Å²) in [5.41, 5.74) is 5.58. The second-order valence-corrected chi connectivity index (χ2v) is 7.64. The number of rotatable bonds is 2. The fraction of sp³-hybridized carbons (Fsp3) is 0.167. The van der Waals surface area contributed by atoms with Gasteiger partial charge >= 0.3 is 0 Å². The van der Waals surface area contributed by atoms with Gasteiger partial charge in [0, 0.05) is 23.5 Å². The number of aromatic nitrogens is 2. The lowest BCUT2D eigenvalue weighted by Crippen LogP contribution is -2.12. The van der Waals surface area contributed by atoms with Crippen LogP contribution in [0.1, 0.15) is 26.3 Å². The fourth-order valence-electron chi connectivity index (χ4n) is 3.36. The quantitative estimate of drug-likeness (QED) is 0.431. The molecule has 0 saturated carbocycles. The van der Waals surface area contributed by atoms with Crippen LogP contribution in [0.15, 0.2) is 79.1 Å². The summed E-state index contributed by atoms with van der Waals surface area (Å²) in [6.45, 7) is 6.78. The van der Waals surface area contributed by atoms with Crippen LogP contribution in [0.4, 0.5) is 0 Å². The Morgan fingerprint density at radius 1 is 0.654 bits per heavy atom. The number of hydrogen-bond acceptors (Lipinski definition) is 2. The maximum Gasteiger partial charge on any atom is 0.0709 e. The lowest BCUT2D eigenvalue weighted by molar-refractivity contribution is 0.596. The van der Waals surface area contributed by atoms with Crippen LogP contribution in [0, 0.1) is 0 Å². The Kier molecular flexibility index (Phi) is 4.04. The van der Waals surface area contributed by atoms with Crippen LogP contribution in [-0.2, 0) is 5.41 Å². The predicted octanol–water partition coefficient (Wildman–Crippen LogP) is 6.26. The van der Waals surface area contributed by atoms with E-state index >= 15 is 0 Å². The zero-order chi connectivity index (χ0) is 18.1. The van der Waals surface area contributed by atoms with E-state index in [2.05, 4.69) is 73.2 Å². The van der Waals surface area contributed by atoms with E-state index in [4.69, 9.17) is 0 Å². The second kappa shape index (κ2) is 6.38. The van der Waals surface area contributed by atoms with E-state index < -0.39 is 0 Å². The summed E-state index contributed by atoms with van der Waals surface area (Å²) in [6.07, 6.45) is 3.69. The molecular weight excluding hydrogens is 316 g/mol. The molecule has 26 heavy (non-hydrogen) atoms. The van der Waals surface area contributed by atoms with E-state index in [1.54, 1.807) is 0 Å². The van der Waals surface area contributed by atoms with Gasteiger partial charge in [0.2, 0.25) is 0 Å². The minimum atomic E-state index is 0.0637. The highest BCUT2D eigenvalue weighted by molar-refractivity contribution is 5.91. The summed E-state index contributed by atoms with van der Waals surface area (Å²) in [5.74, 6) is 0. The van der Waals surface area contributed by atoms with Gasteiger partial charge < -0.3 is 0 Å². The summed E-state index contributed by atoms with van der Waals surface area (Å²) in [5, 5.41) is 2.56. The second-order valence-electron chi connectivity index (χ2n) is 7.64. The summed E-state index contributed by atoms with van der Waals surface area (Å²) >= 11 is 0. The molecule has 2 nitrogen and oxygen atoms in total. The van der Waals surface area contributed by atoms with Crippen molar-refractivity contribution in [2.75, 3.05) is 0 Å². The first-order valence-electron chi connectivity index (χ1n) is 8.93. The van der Waals surface area contributed by atoms with E-state index in [0.717, 1.165) is 22.5 Å². The molecular formula is C24H22N2. The third-order valence-electron chi connectivity index (χ3n) is 4.69. The highest BCUT2D eigenvalue weighted by atomic mass is 14.7. The van der Waals surface area contributed by atoms with Crippen molar-refractivity contribution in [2.45, 2.75) is 26.2 Å². The highest BCUT2D eigenvalue weighted by Gasteiger charge is 2.18. The van der Waals surface area contributed by atoms with Crippen molar-refractivity contribution in [1.82, 2.24) is 9.97 Å². The molecule has 4 rings (SSSR count). The summed E-state index contributed by atoms with van der Waals surface area (Å²) < 4.78 is 0. The highest BCUT2D eigenvalue weighted by Crippen LogP contribution is 2.34. The molecule has 0 radical (unpaired) electrons. The standard InChI is InChI=1S/C24H22N2/c1-24(2,3)21-15-19(14-17-8-4-5-9-20(17)21)23-16-18(11-13-26-23)22-10-6-7-12-25-22/h4-16H,1-3H3. The van der Waals surface area contributed by atoms with Crippen molar-refractivity contribution in [3.63, 3.8) is 0 Å². The van der Waals surface area contributed by atoms with Crippen LogP contribution < -0.4 is 0 Å². The predicted molar refractivity (Wildman–Crippen MR) is 109 cm³/mol. The molecule has 0 aliphatic carbocycles. The van der Waals surface area contributed by atoms with Gasteiger partial charge in [-0.25, -0.2) is 0 Å². The molecule has 0 bridgehead atoms. The first-order chi connectivity index (χ1) is 12.5. The zero-order valence-electron chi connectivity index (χ0n) is 15.4. The molecule has 0 aliphatic rings. The minimum absolute atomic E-state index is 0.0637. The molecule has 2 aromatic heterocycles. The van der Waals surface area contributed by atoms with Crippen LogP contribution in [0.2, 0.25) is 0 Å². The van der Waals surface area contributed by atoms with Crippen molar-refractivity contribution in [1.29, 1.82) is 0 Å². The van der Waals surface area contributed by atoms with E-state index in [-0.39, 0.29) is 5.41 Å². The van der Waals surface area contributed by atoms with Crippen molar-refractivity contribution in [2.24, 2.45) is 0 Å². The lowest BCUT2D eigenvalue weighted by atomic mass is 9.82. The maximum absolute atomic E-state index is 4.64. The SMILES string of the molecule is CC(C)(C)c1cc(-c2cc(-c3ccccn3)ccn2)cc2ccccc12. The van der Waals surface area contributed by atoms with Crippen LogP contribution in [0.3, 0.4) is 0 Å². The Balaban J connectivity index is 1.90. The number of hydrogen-bond donors (Lipinski definition) is 0. The molecule has 2 heteroatoms. The average Bonchev–Trinajstić information content (AvgIpc) is 2.67. The monoisotopic (exact) mass is 338 g/mol. The average molecular weight is 338 g/mol. The first kappa shape index (κ1) is 16.5. The Hall–Kier alpha value is -3.00. The van der Waals surface area contributed by atoms with Gasteiger partial charge in [-0.15, -0.1) is 0 Å². The fourth-order valence-corrected chi connectivity index (χ4v) is 3.36. The van der Waals surface area contributed by atoms with Gasteiger partial charge in [0.05, 0.1) is 11.4 Å². The molecule has 4 aromatic rings. The summed E-state index contributed by atoms with van der Waals surface area (Å²) in [6, 6.07) is 23.2. The van der Waals surface area contributed by atoms with Crippen molar-refractivity contribution < 1.29 is 0 Å². The van der Waals surface area contributed by atoms with Gasteiger partial charge in [-0.3, -0.25) is 9.97 Å². The van der Waals surface area contributed by atoms with Crippen LogP contribution in [0.5, 0.6) is 0 Å². The minimum Gasteiger partial charge on any atom is -0.256 e. The lowest BCUT2D eigenvalue weighted by Gasteiger charge is -2.22. The maximum atomic E-state index is 4.64. The molecule has 0 unspecified atom stereocenters. The number of benzene rings is 2. The molecule has 0 aliphatic heterocycles. The van der Waals surface area contributed by atoms with Crippen LogP contribution >= 0.6 is 0 Å². The van der Waals surface area contributed by atoms with E-state index in [9.17, 15) is 0 Å². The van der Waals surface area contributed by atoms with Gasteiger partial charge in [-0.05, 0) is 58.1 Å². The van der Waals surface area contributed by atoms with Gasteiger partial charge in [-0.2, -0.15) is 0 Å². The third-order valence-corrected chi connectivity index (χ3v) is 4.69. The Morgan fingerprint density at radius 3 is 2.19 bits per heavy atom. The van der Waals surface area contributed by atoms with Gasteiger partial charge in [0.1, 0.15) is 0 Å². The molecule has 2 heterocycles. The zero-order valence-corrected chi connectivity index (χ0v) is 15.4. The molecule has 0 N–H and O–H groups in total. The van der Waals surface area contributed by atoms with E-state index in [1.165, 1.54) is 16.3 Å². The number of nitrogens with zero attached hydrogens (tertiary/aromatic N) is 2. The molecule has 0 amide bonds.